The molecule has 0 spiro atoms. The second-order valence-electron chi connectivity index (χ2n) is 5.37. The molecule has 0 bridgehead atoms. The number of hydrogen-bond acceptors (Lipinski definition) is 6. The van der Waals surface area contributed by atoms with Crippen LogP contribution in [0.2, 0.25) is 0 Å². The lowest BCUT2D eigenvalue weighted by atomic mass is 10.1. The van der Waals surface area contributed by atoms with Crippen LogP contribution in [-0.4, -0.2) is 22.3 Å². The Morgan fingerprint density at radius 1 is 1.04 bits per heavy atom. The van der Waals surface area contributed by atoms with Crippen LogP contribution in [0.25, 0.3) is 11.3 Å². The second-order valence-corrected chi connectivity index (χ2v) is 6.42. The predicted octanol–water partition coefficient (Wildman–Crippen LogP) is 4.02. The summed E-state index contributed by atoms with van der Waals surface area (Å²) in [5.41, 5.74) is 2.77. The van der Waals surface area contributed by atoms with E-state index in [1.54, 1.807) is 18.9 Å². The lowest BCUT2D eigenvalue weighted by Crippen LogP contribution is -2.02. The molecule has 0 saturated heterocycles. The van der Waals surface area contributed by atoms with Crippen LogP contribution in [-0.2, 0) is 5.75 Å². The monoisotopic (exact) mass is 348 g/mol. The second kappa shape index (κ2) is 7.77. The summed E-state index contributed by atoms with van der Waals surface area (Å²) in [6, 6.07) is 17.7. The lowest BCUT2D eigenvalue weighted by Gasteiger charge is -2.06. The highest BCUT2D eigenvalue weighted by molar-refractivity contribution is 7.98. The van der Waals surface area contributed by atoms with Gasteiger partial charge in [-0.2, -0.15) is 5.26 Å². The number of thioether (sulfide) groups is 1. The fraction of sp³-hybridized carbons (Fsp3) is 0.158. The summed E-state index contributed by atoms with van der Waals surface area (Å²) in [5.74, 6) is 1.85. The highest BCUT2D eigenvalue weighted by atomic mass is 32.2. The van der Waals surface area contributed by atoms with Crippen LogP contribution in [0.5, 0.6) is 5.75 Å². The zero-order valence-electron chi connectivity index (χ0n) is 13.9. The van der Waals surface area contributed by atoms with Gasteiger partial charge < -0.3 is 4.74 Å². The van der Waals surface area contributed by atoms with Gasteiger partial charge in [-0.3, -0.25) is 0 Å². The molecule has 6 heteroatoms. The molecule has 0 aliphatic carbocycles. The Bertz CT molecular complexity index is 902. The zero-order valence-corrected chi connectivity index (χ0v) is 14.7. The summed E-state index contributed by atoms with van der Waals surface area (Å²) in [4.78, 5) is 5.49. The predicted molar refractivity (Wildman–Crippen MR) is 97.3 cm³/mol. The molecule has 3 aromatic rings. The van der Waals surface area contributed by atoms with Crippen LogP contribution >= 0.6 is 11.8 Å². The van der Waals surface area contributed by atoms with Gasteiger partial charge in [-0.1, -0.05) is 17.7 Å². The average molecular weight is 348 g/mol. The molecule has 2 aromatic carbocycles. The highest BCUT2D eigenvalue weighted by Gasteiger charge is 2.11. The number of rotatable bonds is 5. The Morgan fingerprint density at radius 3 is 2.40 bits per heavy atom. The molecule has 0 N–H and O–H groups in total. The Balaban J connectivity index is 1.79. The number of ether oxygens (including phenoxy) is 1. The molecule has 0 amide bonds. The van der Waals surface area contributed by atoms with Gasteiger partial charge in [0.15, 0.2) is 11.5 Å². The third kappa shape index (κ3) is 4.14. The van der Waals surface area contributed by atoms with Crippen molar-refractivity contribution in [1.82, 2.24) is 15.2 Å². The SMILES string of the molecule is COc1ccc(-c2nnc(CSc3ccc(C)cc3)nc2C#N)cc1. The normalized spacial score (nSPS) is 10.3. The molecule has 25 heavy (non-hydrogen) atoms. The third-order valence-corrected chi connectivity index (χ3v) is 4.60. The van der Waals surface area contributed by atoms with Gasteiger partial charge in [-0.05, 0) is 43.3 Å². The zero-order chi connectivity index (χ0) is 17.6. The number of methoxy groups -OCH3 is 1. The molecule has 0 unspecified atom stereocenters. The summed E-state index contributed by atoms with van der Waals surface area (Å²) in [6.45, 7) is 2.05. The minimum atomic E-state index is 0.277. The van der Waals surface area contributed by atoms with Crippen LogP contribution in [0, 0.1) is 18.3 Å². The van der Waals surface area contributed by atoms with E-state index in [0.717, 1.165) is 16.2 Å². The Hall–Kier alpha value is -2.91. The molecule has 0 aliphatic rings. The van der Waals surface area contributed by atoms with Gasteiger partial charge in [0.2, 0.25) is 0 Å². The van der Waals surface area contributed by atoms with E-state index in [4.69, 9.17) is 4.74 Å². The largest absolute Gasteiger partial charge is 0.497 e. The summed E-state index contributed by atoms with van der Waals surface area (Å²) in [5, 5.41) is 17.8. The molecule has 3 rings (SSSR count). The summed E-state index contributed by atoms with van der Waals surface area (Å²) < 4.78 is 5.14. The van der Waals surface area contributed by atoms with Crippen molar-refractivity contribution in [3.63, 3.8) is 0 Å². The molecule has 5 nitrogen and oxygen atoms in total. The quantitative estimate of drug-likeness (QED) is 0.649. The maximum atomic E-state index is 9.41. The molecular formula is C19H16N4OS. The smallest absolute Gasteiger partial charge is 0.170 e. The number of benzene rings is 2. The summed E-state index contributed by atoms with van der Waals surface area (Å²) in [7, 11) is 1.61. The van der Waals surface area contributed by atoms with Gasteiger partial charge in [0.05, 0.1) is 12.9 Å². The first-order chi connectivity index (χ1) is 12.2. The van der Waals surface area contributed by atoms with Crippen molar-refractivity contribution in [3.8, 4) is 23.1 Å². The van der Waals surface area contributed by atoms with E-state index >= 15 is 0 Å². The number of aryl methyl sites for hydroxylation is 1. The number of aromatic nitrogens is 3. The highest BCUT2D eigenvalue weighted by Crippen LogP contribution is 2.24. The molecular weight excluding hydrogens is 332 g/mol. The van der Waals surface area contributed by atoms with Crippen molar-refractivity contribution in [3.05, 3.63) is 65.6 Å². The Labute approximate surface area is 150 Å². The molecule has 1 aromatic heterocycles. The molecule has 0 saturated carbocycles. The van der Waals surface area contributed by atoms with E-state index in [2.05, 4.69) is 52.4 Å². The number of nitrogens with zero attached hydrogens (tertiary/aromatic N) is 4. The van der Waals surface area contributed by atoms with E-state index in [1.165, 1.54) is 5.56 Å². The van der Waals surface area contributed by atoms with E-state index in [0.29, 0.717) is 17.3 Å². The van der Waals surface area contributed by atoms with Crippen molar-refractivity contribution in [2.45, 2.75) is 17.6 Å². The topological polar surface area (TPSA) is 71.7 Å². The van der Waals surface area contributed by atoms with Gasteiger partial charge in [-0.25, -0.2) is 4.98 Å². The van der Waals surface area contributed by atoms with Gasteiger partial charge in [0.25, 0.3) is 0 Å². The van der Waals surface area contributed by atoms with Crippen molar-refractivity contribution in [1.29, 1.82) is 5.26 Å². The summed E-state index contributed by atoms with van der Waals surface area (Å²) in [6.07, 6.45) is 0. The van der Waals surface area contributed by atoms with Crippen LogP contribution in [0.3, 0.4) is 0 Å². The number of nitriles is 1. The maximum absolute atomic E-state index is 9.41. The van der Waals surface area contributed by atoms with E-state index < -0.39 is 0 Å². The molecule has 1 heterocycles. The molecule has 0 atom stereocenters. The molecule has 0 radical (unpaired) electrons. The minimum absolute atomic E-state index is 0.277. The lowest BCUT2D eigenvalue weighted by molar-refractivity contribution is 0.415. The molecule has 124 valence electrons. The first-order valence-corrected chi connectivity index (χ1v) is 8.66. The standard InChI is InChI=1S/C19H16N4OS/c1-13-3-9-16(10-4-13)25-12-18-21-17(11-20)19(23-22-18)14-5-7-15(24-2)8-6-14/h3-10H,12H2,1-2H3. The van der Waals surface area contributed by atoms with Crippen LogP contribution in [0.4, 0.5) is 0 Å². The van der Waals surface area contributed by atoms with E-state index in [1.807, 2.05) is 24.3 Å². The third-order valence-electron chi connectivity index (χ3n) is 3.59. The van der Waals surface area contributed by atoms with Crippen molar-refractivity contribution >= 4 is 11.8 Å². The Morgan fingerprint density at radius 2 is 1.76 bits per heavy atom. The van der Waals surface area contributed by atoms with E-state index in [9.17, 15) is 5.26 Å². The van der Waals surface area contributed by atoms with E-state index in [-0.39, 0.29) is 5.69 Å². The maximum Gasteiger partial charge on any atom is 0.170 e. The van der Waals surface area contributed by atoms with Crippen molar-refractivity contribution in [2.75, 3.05) is 7.11 Å². The minimum Gasteiger partial charge on any atom is -0.497 e. The first kappa shape index (κ1) is 16.9. The van der Waals surface area contributed by atoms with Gasteiger partial charge in [-0.15, -0.1) is 22.0 Å². The van der Waals surface area contributed by atoms with Gasteiger partial charge in [0.1, 0.15) is 17.5 Å². The van der Waals surface area contributed by atoms with Gasteiger partial charge >= 0.3 is 0 Å². The van der Waals surface area contributed by atoms with Crippen molar-refractivity contribution < 1.29 is 4.74 Å². The fourth-order valence-electron chi connectivity index (χ4n) is 2.22. The van der Waals surface area contributed by atoms with Crippen LogP contribution in [0.1, 0.15) is 17.1 Å². The Kier molecular flexibility index (Phi) is 5.26. The van der Waals surface area contributed by atoms with Crippen LogP contribution in [0.15, 0.2) is 53.4 Å². The fourth-order valence-corrected chi connectivity index (χ4v) is 2.97. The molecule has 0 fully saturated rings. The first-order valence-electron chi connectivity index (χ1n) is 7.67. The summed E-state index contributed by atoms with van der Waals surface area (Å²) >= 11 is 1.62. The molecule has 0 aliphatic heterocycles. The number of hydrogen-bond donors (Lipinski definition) is 0. The van der Waals surface area contributed by atoms with Gasteiger partial charge in [0, 0.05) is 10.5 Å². The van der Waals surface area contributed by atoms with Crippen molar-refractivity contribution in [2.24, 2.45) is 0 Å². The average Bonchev–Trinajstić information content (AvgIpc) is 2.67. The van der Waals surface area contributed by atoms with Crippen LogP contribution < -0.4 is 4.74 Å².